The Bertz CT molecular complexity index is 723. The summed E-state index contributed by atoms with van der Waals surface area (Å²) in [5.41, 5.74) is 2.81. The van der Waals surface area contributed by atoms with Gasteiger partial charge in [0.15, 0.2) is 0 Å². The van der Waals surface area contributed by atoms with E-state index in [2.05, 4.69) is 22.4 Å². The maximum Gasteiger partial charge on any atom is 0.120 e. The van der Waals surface area contributed by atoms with Gasteiger partial charge in [0.2, 0.25) is 0 Å². The predicted octanol–water partition coefficient (Wildman–Crippen LogP) is 4.32. The van der Waals surface area contributed by atoms with E-state index in [0.717, 1.165) is 16.8 Å². The number of nitrogens with one attached hydrogen (secondary N) is 1. The molecule has 0 unspecified atom stereocenters. The summed E-state index contributed by atoms with van der Waals surface area (Å²) in [4.78, 5) is 4.46. The lowest BCUT2D eigenvalue weighted by molar-refractivity contribution is 0.461. The topological polar surface area (TPSA) is 45.1 Å². The first-order valence-corrected chi connectivity index (χ1v) is 7.78. The van der Waals surface area contributed by atoms with Gasteiger partial charge in [-0.25, -0.2) is 0 Å². The average molecular weight is 325 g/mol. The van der Waals surface area contributed by atoms with Crippen molar-refractivity contribution in [2.24, 2.45) is 0 Å². The Morgan fingerprint density at radius 2 is 1.78 bits per heavy atom. The maximum atomic E-state index is 9.97. The second-order valence-corrected chi connectivity index (χ2v) is 5.69. The summed E-state index contributed by atoms with van der Waals surface area (Å²) in [5, 5.41) is 14.0. The van der Waals surface area contributed by atoms with E-state index in [-0.39, 0.29) is 11.8 Å². The quantitative estimate of drug-likeness (QED) is 0.734. The number of phenols is 1. The normalized spacial score (nSPS) is 12.0. The highest BCUT2D eigenvalue weighted by Gasteiger charge is 2.15. The molecule has 116 valence electrons. The zero-order valence-electron chi connectivity index (χ0n) is 12.5. The van der Waals surface area contributed by atoms with Crippen LogP contribution in [0.4, 0.5) is 0 Å². The molecule has 23 heavy (non-hydrogen) atoms. The minimum Gasteiger partial charge on any atom is -0.508 e. The largest absolute Gasteiger partial charge is 0.508 e. The van der Waals surface area contributed by atoms with Crippen LogP contribution in [0.2, 0.25) is 5.02 Å². The fourth-order valence-corrected chi connectivity index (χ4v) is 2.69. The Labute approximate surface area is 140 Å². The van der Waals surface area contributed by atoms with E-state index in [1.165, 1.54) is 0 Å². The molecule has 0 radical (unpaired) electrons. The van der Waals surface area contributed by atoms with Crippen LogP contribution in [0, 0.1) is 0 Å². The van der Waals surface area contributed by atoms with Crippen LogP contribution >= 0.6 is 11.6 Å². The fraction of sp³-hybridized carbons (Fsp3) is 0.105. The second kappa shape index (κ2) is 7.27. The highest BCUT2D eigenvalue weighted by atomic mass is 35.5. The fourth-order valence-electron chi connectivity index (χ4n) is 2.49. The van der Waals surface area contributed by atoms with Crippen LogP contribution in [-0.4, -0.2) is 10.1 Å². The molecule has 0 saturated carbocycles. The number of halogens is 1. The first-order chi connectivity index (χ1) is 11.2. The molecule has 0 bridgehead atoms. The van der Waals surface area contributed by atoms with Crippen LogP contribution in [0.25, 0.3) is 0 Å². The van der Waals surface area contributed by atoms with Crippen LogP contribution in [0.1, 0.15) is 22.9 Å². The van der Waals surface area contributed by atoms with Crippen molar-refractivity contribution >= 4 is 11.6 Å². The van der Waals surface area contributed by atoms with Crippen molar-refractivity contribution in [3.05, 3.63) is 94.8 Å². The van der Waals surface area contributed by atoms with Crippen molar-refractivity contribution in [2.75, 3.05) is 0 Å². The van der Waals surface area contributed by atoms with E-state index >= 15 is 0 Å². The molecular weight excluding hydrogens is 308 g/mol. The molecule has 1 atom stereocenters. The lowest BCUT2D eigenvalue weighted by Gasteiger charge is -2.19. The van der Waals surface area contributed by atoms with Crippen molar-refractivity contribution in [3.8, 4) is 5.75 Å². The number of hydrogen-bond donors (Lipinski definition) is 2. The van der Waals surface area contributed by atoms with Gasteiger partial charge >= 0.3 is 0 Å². The molecule has 2 aromatic carbocycles. The van der Waals surface area contributed by atoms with Crippen molar-refractivity contribution in [1.29, 1.82) is 0 Å². The summed E-state index contributed by atoms with van der Waals surface area (Å²) in [6, 6.07) is 21.0. The molecule has 3 nitrogen and oxygen atoms in total. The lowest BCUT2D eigenvalue weighted by Crippen LogP contribution is -2.23. The zero-order valence-corrected chi connectivity index (χ0v) is 13.2. The molecule has 4 heteroatoms. The number of aromatic nitrogens is 1. The smallest absolute Gasteiger partial charge is 0.120 e. The van der Waals surface area contributed by atoms with Gasteiger partial charge in [0.05, 0.1) is 11.7 Å². The molecule has 0 spiro atoms. The van der Waals surface area contributed by atoms with Gasteiger partial charge in [-0.1, -0.05) is 48.0 Å². The Balaban J connectivity index is 1.86. The summed E-state index contributed by atoms with van der Waals surface area (Å²) >= 11 is 6.01. The summed E-state index contributed by atoms with van der Waals surface area (Å²) in [5.74, 6) is 0.231. The number of hydrogen-bond acceptors (Lipinski definition) is 3. The second-order valence-electron chi connectivity index (χ2n) is 5.25. The predicted molar refractivity (Wildman–Crippen MR) is 92.5 cm³/mol. The summed E-state index contributed by atoms with van der Waals surface area (Å²) in [6.45, 7) is 0.489. The Morgan fingerprint density at radius 1 is 1.00 bits per heavy atom. The van der Waals surface area contributed by atoms with Gasteiger partial charge in [0, 0.05) is 23.3 Å². The van der Waals surface area contributed by atoms with Crippen LogP contribution in [0.5, 0.6) is 5.75 Å². The molecule has 0 aliphatic rings. The molecule has 2 N–H and O–H groups in total. The third kappa shape index (κ3) is 3.89. The monoisotopic (exact) mass is 324 g/mol. The number of rotatable bonds is 5. The zero-order chi connectivity index (χ0) is 16.1. The molecule has 0 aliphatic carbocycles. The number of phenolic OH excluding ortho intramolecular Hbond substituents is 1. The van der Waals surface area contributed by atoms with E-state index in [1.54, 1.807) is 24.4 Å². The average Bonchev–Trinajstić information content (AvgIpc) is 2.60. The van der Waals surface area contributed by atoms with E-state index < -0.39 is 0 Å². The van der Waals surface area contributed by atoms with Crippen molar-refractivity contribution in [2.45, 2.75) is 12.6 Å². The molecule has 1 heterocycles. The molecular formula is C19H17ClN2O. The first kappa shape index (κ1) is 15.5. The molecule has 3 aromatic rings. The van der Waals surface area contributed by atoms with Gasteiger partial charge in [-0.05, 0) is 35.9 Å². The van der Waals surface area contributed by atoms with Crippen LogP contribution in [-0.2, 0) is 6.54 Å². The number of nitrogens with zero attached hydrogens (tertiary/aromatic N) is 1. The summed E-state index contributed by atoms with van der Waals surface area (Å²) in [7, 11) is 0. The van der Waals surface area contributed by atoms with E-state index in [1.807, 2.05) is 36.4 Å². The van der Waals surface area contributed by atoms with Crippen molar-refractivity contribution < 1.29 is 5.11 Å². The Morgan fingerprint density at radius 3 is 2.52 bits per heavy atom. The maximum absolute atomic E-state index is 9.97. The third-order valence-corrected chi connectivity index (χ3v) is 3.89. The minimum atomic E-state index is -0.0595. The number of aromatic hydroxyl groups is 1. The number of pyridine rings is 1. The van der Waals surface area contributed by atoms with Crippen LogP contribution in [0.15, 0.2) is 72.9 Å². The van der Waals surface area contributed by atoms with Crippen molar-refractivity contribution in [3.63, 3.8) is 0 Å². The molecule has 0 saturated heterocycles. The standard InChI is InChI=1S/C19H17ClN2O/c20-16-9-10-18(23)15(12-16)13-22-19(14-6-2-1-3-7-14)17-8-4-5-11-21-17/h1-12,19,22-23H,13H2/t19-/m1/s1. The van der Waals surface area contributed by atoms with E-state index in [0.29, 0.717) is 11.6 Å². The highest BCUT2D eigenvalue weighted by molar-refractivity contribution is 6.30. The molecule has 0 fully saturated rings. The minimum absolute atomic E-state index is 0.0595. The van der Waals surface area contributed by atoms with Gasteiger partial charge in [0.25, 0.3) is 0 Å². The van der Waals surface area contributed by atoms with Gasteiger partial charge in [-0.2, -0.15) is 0 Å². The van der Waals surface area contributed by atoms with Crippen LogP contribution < -0.4 is 5.32 Å². The third-order valence-electron chi connectivity index (χ3n) is 3.65. The Hall–Kier alpha value is -2.36. The van der Waals surface area contributed by atoms with Gasteiger partial charge in [-0.15, -0.1) is 0 Å². The first-order valence-electron chi connectivity index (χ1n) is 7.40. The van der Waals surface area contributed by atoms with Gasteiger partial charge in [-0.3, -0.25) is 4.98 Å². The number of benzene rings is 2. The van der Waals surface area contributed by atoms with Crippen LogP contribution in [0.3, 0.4) is 0 Å². The summed E-state index contributed by atoms with van der Waals surface area (Å²) < 4.78 is 0. The highest BCUT2D eigenvalue weighted by Crippen LogP contribution is 2.24. The molecule has 0 aliphatic heterocycles. The lowest BCUT2D eigenvalue weighted by atomic mass is 10.0. The molecule has 1 aromatic heterocycles. The van der Waals surface area contributed by atoms with Gasteiger partial charge < -0.3 is 10.4 Å². The molecule has 3 rings (SSSR count). The molecule has 0 amide bonds. The van der Waals surface area contributed by atoms with Crippen molar-refractivity contribution in [1.82, 2.24) is 10.3 Å². The summed E-state index contributed by atoms with van der Waals surface area (Å²) in [6.07, 6.45) is 1.78. The Kier molecular flexibility index (Phi) is 4.91. The van der Waals surface area contributed by atoms with Gasteiger partial charge in [0.1, 0.15) is 5.75 Å². The van der Waals surface area contributed by atoms with E-state index in [9.17, 15) is 5.11 Å². The SMILES string of the molecule is Oc1ccc(Cl)cc1CN[C@H](c1ccccc1)c1ccccn1. The van der Waals surface area contributed by atoms with E-state index in [4.69, 9.17) is 11.6 Å².